The molecular formula is C16H14F2O. The summed E-state index contributed by atoms with van der Waals surface area (Å²) in [6, 6.07) is 13.7. The Morgan fingerprint density at radius 2 is 1.32 bits per heavy atom. The van der Waals surface area contributed by atoms with Crippen molar-refractivity contribution >= 4 is 5.57 Å². The van der Waals surface area contributed by atoms with Gasteiger partial charge in [-0.15, -0.1) is 0 Å². The van der Waals surface area contributed by atoms with Crippen LogP contribution in [0, 0.1) is 6.92 Å². The van der Waals surface area contributed by atoms with Crippen molar-refractivity contribution in [3.8, 4) is 5.75 Å². The Morgan fingerprint density at radius 3 is 1.74 bits per heavy atom. The SMILES string of the molecule is COc1ccc(C(=C(F)F)c2ccc(C)cc2)cc1. The van der Waals surface area contributed by atoms with Crippen LogP contribution in [0.3, 0.4) is 0 Å². The fourth-order valence-corrected chi connectivity index (χ4v) is 1.86. The average Bonchev–Trinajstić information content (AvgIpc) is 2.42. The monoisotopic (exact) mass is 260 g/mol. The van der Waals surface area contributed by atoms with E-state index >= 15 is 0 Å². The minimum Gasteiger partial charge on any atom is -0.497 e. The highest BCUT2D eigenvalue weighted by atomic mass is 19.3. The first-order valence-electron chi connectivity index (χ1n) is 5.88. The molecule has 0 aliphatic heterocycles. The smallest absolute Gasteiger partial charge is 0.278 e. The Hall–Kier alpha value is -2.16. The highest BCUT2D eigenvalue weighted by molar-refractivity contribution is 5.80. The quantitative estimate of drug-likeness (QED) is 0.780. The van der Waals surface area contributed by atoms with Crippen LogP contribution in [0.2, 0.25) is 0 Å². The molecule has 0 amide bonds. The Morgan fingerprint density at radius 1 is 0.842 bits per heavy atom. The summed E-state index contributed by atoms with van der Waals surface area (Å²) in [5.74, 6) is 0.645. The topological polar surface area (TPSA) is 9.23 Å². The molecule has 98 valence electrons. The maximum atomic E-state index is 13.2. The van der Waals surface area contributed by atoms with Crippen LogP contribution >= 0.6 is 0 Å². The van der Waals surface area contributed by atoms with Gasteiger partial charge >= 0.3 is 0 Å². The summed E-state index contributed by atoms with van der Waals surface area (Å²) < 4.78 is 31.4. The highest BCUT2D eigenvalue weighted by Gasteiger charge is 2.12. The highest BCUT2D eigenvalue weighted by Crippen LogP contribution is 2.29. The number of methoxy groups -OCH3 is 1. The van der Waals surface area contributed by atoms with Crippen LogP contribution in [0.5, 0.6) is 5.75 Å². The molecule has 2 rings (SSSR count). The summed E-state index contributed by atoms with van der Waals surface area (Å²) in [6.07, 6.45) is -1.69. The molecule has 1 nitrogen and oxygen atoms in total. The van der Waals surface area contributed by atoms with Gasteiger partial charge in [0.25, 0.3) is 6.08 Å². The van der Waals surface area contributed by atoms with Gasteiger partial charge < -0.3 is 4.74 Å². The molecule has 0 bridgehead atoms. The van der Waals surface area contributed by atoms with Crippen molar-refractivity contribution in [3.63, 3.8) is 0 Å². The third-order valence-electron chi connectivity index (χ3n) is 2.91. The molecule has 0 aliphatic carbocycles. The standard InChI is InChI=1S/C16H14F2O/c1-11-3-5-12(6-4-11)15(16(17)18)13-7-9-14(19-2)10-8-13/h3-10H,1-2H3. The molecule has 2 aromatic carbocycles. The van der Waals surface area contributed by atoms with E-state index in [1.807, 2.05) is 19.1 Å². The van der Waals surface area contributed by atoms with Gasteiger partial charge in [-0.1, -0.05) is 42.0 Å². The van der Waals surface area contributed by atoms with Crippen molar-refractivity contribution in [1.29, 1.82) is 0 Å². The van der Waals surface area contributed by atoms with Crippen molar-refractivity contribution in [2.75, 3.05) is 7.11 Å². The number of benzene rings is 2. The number of rotatable bonds is 3. The van der Waals surface area contributed by atoms with E-state index in [0.29, 0.717) is 16.9 Å². The Labute approximate surface area is 111 Å². The largest absolute Gasteiger partial charge is 0.497 e. The van der Waals surface area contributed by atoms with E-state index in [1.54, 1.807) is 43.5 Å². The van der Waals surface area contributed by atoms with Crippen LogP contribution in [-0.2, 0) is 0 Å². The first-order valence-corrected chi connectivity index (χ1v) is 5.88. The van der Waals surface area contributed by atoms with Gasteiger partial charge in [0.1, 0.15) is 5.75 Å². The maximum Gasteiger partial charge on any atom is 0.278 e. The lowest BCUT2D eigenvalue weighted by Gasteiger charge is -2.08. The van der Waals surface area contributed by atoms with E-state index in [9.17, 15) is 8.78 Å². The Kier molecular flexibility index (Phi) is 3.95. The summed E-state index contributed by atoms with van der Waals surface area (Å²) >= 11 is 0. The summed E-state index contributed by atoms with van der Waals surface area (Å²) in [6.45, 7) is 1.92. The van der Waals surface area contributed by atoms with Gasteiger partial charge in [-0.05, 0) is 30.2 Å². The first kappa shape index (κ1) is 13.3. The average molecular weight is 260 g/mol. The van der Waals surface area contributed by atoms with E-state index < -0.39 is 6.08 Å². The predicted octanol–water partition coefficient (Wildman–Crippen LogP) is 4.66. The third-order valence-corrected chi connectivity index (χ3v) is 2.91. The number of aryl methyl sites for hydroxylation is 1. The lowest BCUT2D eigenvalue weighted by molar-refractivity contribution is 0.414. The van der Waals surface area contributed by atoms with Crippen molar-refractivity contribution in [3.05, 3.63) is 71.3 Å². The molecule has 0 N–H and O–H groups in total. The van der Waals surface area contributed by atoms with Gasteiger partial charge in [0, 0.05) is 0 Å². The van der Waals surface area contributed by atoms with Crippen LogP contribution in [-0.4, -0.2) is 7.11 Å². The van der Waals surface area contributed by atoms with Crippen LogP contribution in [0.4, 0.5) is 8.78 Å². The molecule has 0 fully saturated rings. The van der Waals surface area contributed by atoms with E-state index in [-0.39, 0.29) is 5.57 Å². The molecule has 2 aromatic rings. The molecule has 0 radical (unpaired) electrons. The van der Waals surface area contributed by atoms with Crippen molar-refractivity contribution in [1.82, 2.24) is 0 Å². The van der Waals surface area contributed by atoms with Gasteiger partial charge in [0.15, 0.2) is 0 Å². The number of halogens is 2. The van der Waals surface area contributed by atoms with Gasteiger partial charge in [-0.25, -0.2) is 0 Å². The van der Waals surface area contributed by atoms with Crippen LogP contribution in [0.15, 0.2) is 54.6 Å². The van der Waals surface area contributed by atoms with Crippen molar-refractivity contribution < 1.29 is 13.5 Å². The third kappa shape index (κ3) is 2.99. The van der Waals surface area contributed by atoms with E-state index in [0.717, 1.165) is 5.56 Å². The Bertz CT molecular complexity index is 579. The molecule has 0 heterocycles. The van der Waals surface area contributed by atoms with Crippen LogP contribution in [0.1, 0.15) is 16.7 Å². The normalized spacial score (nSPS) is 10.1. The molecule has 19 heavy (non-hydrogen) atoms. The number of hydrogen-bond donors (Lipinski definition) is 0. The van der Waals surface area contributed by atoms with E-state index in [1.165, 1.54) is 0 Å². The van der Waals surface area contributed by atoms with Gasteiger partial charge in [0.05, 0.1) is 12.7 Å². The molecule has 0 saturated heterocycles. The lowest BCUT2D eigenvalue weighted by atomic mass is 9.98. The van der Waals surface area contributed by atoms with Crippen LogP contribution < -0.4 is 4.74 Å². The number of ether oxygens (including phenoxy) is 1. The van der Waals surface area contributed by atoms with Gasteiger partial charge in [-0.2, -0.15) is 8.78 Å². The Balaban J connectivity index is 2.46. The molecule has 0 aliphatic rings. The molecule has 0 saturated carbocycles. The lowest BCUT2D eigenvalue weighted by Crippen LogP contribution is -1.91. The second kappa shape index (κ2) is 5.65. The summed E-state index contributed by atoms with van der Waals surface area (Å²) in [7, 11) is 1.54. The van der Waals surface area contributed by atoms with Crippen LogP contribution in [0.25, 0.3) is 5.57 Å². The minimum absolute atomic E-state index is 0.0392. The minimum atomic E-state index is -1.69. The summed E-state index contributed by atoms with van der Waals surface area (Å²) in [5, 5.41) is 0. The molecular weight excluding hydrogens is 246 g/mol. The maximum absolute atomic E-state index is 13.2. The molecule has 0 aromatic heterocycles. The van der Waals surface area contributed by atoms with Crippen molar-refractivity contribution in [2.24, 2.45) is 0 Å². The van der Waals surface area contributed by atoms with Gasteiger partial charge in [0.2, 0.25) is 0 Å². The predicted molar refractivity (Wildman–Crippen MR) is 72.4 cm³/mol. The number of hydrogen-bond acceptors (Lipinski definition) is 1. The molecule has 0 unspecified atom stereocenters. The molecule has 0 atom stereocenters. The fraction of sp³-hybridized carbons (Fsp3) is 0.125. The van der Waals surface area contributed by atoms with E-state index in [4.69, 9.17) is 4.74 Å². The second-order valence-electron chi connectivity index (χ2n) is 4.23. The summed E-state index contributed by atoms with van der Waals surface area (Å²) in [5.41, 5.74) is 1.99. The fourth-order valence-electron chi connectivity index (χ4n) is 1.86. The zero-order valence-electron chi connectivity index (χ0n) is 10.8. The second-order valence-corrected chi connectivity index (χ2v) is 4.23. The van der Waals surface area contributed by atoms with Gasteiger partial charge in [-0.3, -0.25) is 0 Å². The molecule has 0 spiro atoms. The zero-order chi connectivity index (χ0) is 13.8. The zero-order valence-corrected chi connectivity index (χ0v) is 10.8. The summed E-state index contributed by atoms with van der Waals surface area (Å²) in [4.78, 5) is 0. The van der Waals surface area contributed by atoms with E-state index in [2.05, 4.69) is 0 Å². The first-order chi connectivity index (χ1) is 9.11. The van der Waals surface area contributed by atoms with Crippen molar-refractivity contribution in [2.45, 2.75) is 6.92 Å². The molecule has 3 heteroatoms.